The highest BCUT2D eigenvalue weighted by Gasteiger charge is 1.91. The molecule has 0 fully saturated rings. The van der Waals surface area contributed by atoms with E-state index in [2.05, 4.69) is 22.6 Å². The molecule has 3 nitrogen and oxygen atoms in total. The van der Waals surface area contributed by atoms with Gasteiger partial charge in [-0.2, -0.15) is 0 Å². The minimum absolute atomic E-state index is 0.293. The van der Waals surface area contributed by atoms with E-state index in [0.29, 0.717) is 13.2 Å². The molecular formula is C14H18O3. The third kappa shape index (κ3) is 9.08. The summed E-state index contributed by atoms with van der Waals surface area (Å²) in [5, 5.41) is 0. The van der Waals surface area contributed by atoms with Crippen LogP contribution in [0, 0.1) is 0 Å². The summed E-state index contributed by atoms with van der Waals surface area (Å²) in [5.41, 5.74) is 1.17. The van der Waals surface area contributed by atoms with Crippen molar-refractivity contribution in [2.24, 2.45) is 0 Å². The highest BCUT2D eigenvalue weighted by molar-refractivity contribution is 5.81. The van der Waals surface area contributed by atoms with Gasteiger partial charge in [-0.15, -0.1) is 0 Å². The molecule has 0 spiro atoms. The van der Waals surface area contributed by atoms with Crippen LogP contribution in [-0.2, 0) is 14.3 Å². The van der Waals surface area contributed by atoms with E-state index in [0.717, 1.165) is 6.08 Å². The number of rotatable bonds is 5. The molecule has 0 N–H and O–H groups in total. The lowest BCUT2D eigenvalue weighted by Gasteiger charge is -1.98. The predicted octanol–water partition coefficient (Wildman–Crippen LogP) is 2.69. The Morgan fingerprint density at radius 2 is 1.88 bits per heavy atom. The minimum Gasteiger partial charge on any atom is -0.460 e. The first-order valence-electron chi connectivity index (χ1n) is 5.20. The third-order valence-electron chi connectivity index (χ3n) is 1.73. The molecule has 1 aromatic carbocycles. The predicted molar refractivity (Wildman–Crippen MR) is 69.6 cm³/mol. The summed E-state index contributed by atoms with van der Waals surface area (Å²) in [7, 11) is 1.54. The molecule has 1 rings (SSSR count). The molecule has 0 unspecified atom stereocenters. The molecule has 0 heterocycles. The SMILES string of the molecule is C=CC(=O)OCCOC.C=Cc1ccccc1. The maximum absolute atomic E-state index is 10.3. The van der Waals surface area contributed by atoms with E-state index in [1.807, 2.05) is 36.4 Å². The average molecular weight is 234 g/mol. The van der Waals surface area contributed by atoms with Crippen molar-refractivity contribution in [3.05, 3.63) is 55.1 Å². The third-order valence-corrected chi connectivity index (χ3v) is 1.73. The van der Waals surface area contributed by atoms with Crippen molar-refractivity contribution in [1.29, 1.82) is 0 Å². The lowest BCUT2D eigenvalue weighted by atomic mass is 10.2. The van der Waals surface area contributed by atoms with Crippen molar-refractivity contribution in [2.45, 2.75) is 0 Å². The molecule has 0 aliphatic carbocycles. The summed E-state index contributed by atoms with van der Waals surface area (Å²) in [6, 6.07) is 10.0. The first-order valence-corrected chi connectivity index (χ1v) is 5.20. The zero-order valence-corrected chi connectivity index (χ0v) is 10.1. The zero-order valence-electron chi connectivity index (χ0n) is 10.1. The van der Waals surface area contributed by atoms with Crippen LogP contribution in [-0.4, -0.2) is 26.3 Å². The topological polar surface area (TPSA) is 35.5 Å². The van der Waals surface area contributed by atoms with Crippen LogP contribution in [0.25, 0.3) is 6.08 Å². The number of ether oxygens (including phenoxy) is 2. The number of carbonyl (C=O) groups excluding carboxylic acids is 1. The Morgan fingerprint density at radius 1 is 1.24 bits per heavy atom. The Balaban J connectivity index is 0.000000302. The summed E-state index contributed by atoms with van der Waals surface area (Å²) in [4.78, 5) is 10.3. The number of benzene rings is 1. The van der Waals surface area contributed by atoms with Crippen LogP contribution >= 0.6 is 0 Å². The Hall–Kier alpha value is -1.87. The number of esters is 1. The highest BCUT2D eigenvalue weighted by Crippen LogP contribution is 1.97. The van der Waals surface area contributed by atoms with Crippen LogP contribution in [0.4, 0.5) is 0 Å². The number of methoxy groups -OCH3 is 1. The fourth-order valence-corrected chi connectivity index (χ4v) is 0.874. The van der Waals surface area contributed by atoms with Crippen molar-refractivity contribution in [1.82, 2.24) is 0 Å². The van der Waals surface area contributed by atoms with Crippen LogP contribution in [0.2, 0.25) is 0 Å². The van der Waals surface area contributed by atoms with Gasteiger partial charge in [0.15, 0.2) is 0 Å². The molecule has 0 aliphatic rings. The van der Waals surface area contributed by atoms with Gasteiger partial charge >= 0.3 is 5.97 Å². The van der Waals surface area contributed by atoms with Gasteiger partial charge in [-0.05, 0) is 5.56 Å². The molecule has 92 valence electrons. The Labute approximate surface area is 102 Å². The van der Waals surface area contributed by atoms with Crippen molar-refractivity contribution < 1.29 is 14.3 Å². The van der Waals surface area contributed by atoms with E-state index in [9.17, 15) is 4.79 Å². The van der Waals surface area contributed by atoms with E-state index in [1.165, 1.54) is 5.56 Å². The zero-order chi connectivity index (χ0) is 12.9. The normalized spacial score (nSPS) is 8.53. The van der Waals surface area contributed by atoms with Gasteiger partial charge in [0.25, 0.3) is 0 Å². The summed E-state index contributed by atoms with van der Waals surface area (Å²) >= 11 is 0. The molecule has 0 radical (unpaired) electrons. The van der Waals surface area contributed by atoms with Crippen LogP contribution in [0.15, 0.2) is 49.6 Å². The summed E-state index contributed by atoms with van der Waals surface area (Å²) in [6.07, 6.45) is 2.95. The Kier molecular flexibility index (Phi) is 9.47. The summed E-state index contributed by atoms with van der Waals surface area (Å²) < 4.78 is 9.17. The second-order valence-electron chi connectivity index (χ2n) is 2.98. The van der Waals surface area contributed by atoms with Crippen molar-refractivity contribution in [3.63, 3.8) is 0 Å². The first kappa shape index (κ1) is 15.1. The molecule has 0 atom stereocenters. The summed E-state index contributed by atoms with van der Waals surface area (Å²) in [5.74, 6) is -0.410. The molecule has 17 heavy (non-hydrogen) atoms. The fraction of sp³-hybridized carbons (Fsp3) is 0.214. The standard InChI is InChI=1S/C8H8.C6H10O3/c1-2-8-6-4-3-5-7-8;1-3-6(7)9-5-4-8-2/h2-7H,1H2;3H,1,4-5H2,2H3. The number of carbonyl (C=O) groups is 1. The Morgan fingerprint density at radius 3 is 2.29 bits per heavy atom. The first-order chi connectivity index (χ1) is 8.24. The van der Waals surface area contributed by atoms with Gasteiger partial charge in [0.2, 0.25) is 0 Å². The van der Waals surface area contributed by atoms with Gasteiger partial charge in [0.05, 0.1) is 6.61 Å². The smallest absolute Gasteiger partial charge is 0.330 e. The second kappa shape index (κ2) is 10.6. The minimum atomic E-state index is -0.410. The fourth-order valence-electron chi connectivity index (χ4n) is 0.874. The van der Waals surface area contributed by atoms with Crippen LogP contribution in [0.5, 0.6) is 0 Å². The lowest BCUT2D eigenvalue weighted by molar-refractivity contribution is -0.138. The molecule has 1 aromatic rings. The van der Waals surface area contributed by atoms with Gasteiger partial charge < -0.3 is 9.47 Å². The van der Waals surface area contributed by atoms with Gasteiger partial charge in [0, 0.05) is 13.2 Å². The molecule has 0 saturated heterocycles. The van der Waals surface area contributed by atoms with Crippen LogP contribution in [0.3, 0.4) is 0 Å². The van der Waals surface area contributed by atoms with Crippen LogP contribution in [0.1, 0.15) is 5.56 Å². The average Bonchev–Trinajstić information content (AvgIpc) is 2.40. The molecule has 0 bridgehead atoms. The van der Waals surface area contributed by atoms with Crippen molar-refractivity contribution in [2.75, 3.05) is 20.3 Å². The maximum Gasteiger partial charge on any atom is 0.330 e. The van der Waals surface area contributed by atoms with Crippen molar-refractivity contribution in [3.8, 4) is 0 Å². The monoisotopic (exact) mass is 234 g/mol. The van der Waals surface area contributed by atoms with Gasteiger partial charge in [-0.25, -0.2) is 4.79 Å². The Bertz CT molecular complexity index is 331. The van der Waals surface area contributed by atoms with E-state index in [4.69, 9.17) is 0 Å². The lowest BCUT2D eigenvalue weighted by Crippen LogP contribution is -2.06. The van der Waals surface area contributed by atoms with Gasteiger partial charge in [-0.1, -0.05) is 49.6 Å². The number of hydrogen-bond donors (Lipinski definition) is 0. The van der Waals surface area contributed by atoms with E-state index >= 15 is 0 Å². The van der Waals surface area contributed by atoms with E-state index in [-0.39, 0.29) is 0 Å². The van der Waals surface area contributed by atoms with E-state index in [1.54, 1.807) is 7.11 Å². The molecule has 0 aromatic heterocycles. The molecule has 0 aliphatic heterocycles. The number of hydrogen-bond acceptors (Lipinski definition) is 3. The largest absolute Gasteiger partial charge is 0.460 e. The molecule has 3 heteroatoms. The van der Waals surface area contributed by atoms with Crippen molar-refractivity contribution >= 4 is 12.0 Å². The molecule has 0 saturated carbocycles. The highest BCUT2D eigenvalue weighted by atomic mass is 16.6. The molecular weight excluding hydrogens is 216 g/mol. The quantitative estimate of drug-likeness (QED) is 0.446. The second-order valence-corrected chi connectivity index (χ2v) is 2.98. The van der Waals surface area contributed by atoms with E-state index < -0.39 is 5.97 Å². The van der Waals surface area contributed by atoms with Crippen LogP contribution < -0.4 is 0 Å². The van der Waals surface area contributed by atoms with Gasteiger partial charge in [0.1, 0.15) is 6.61 Å². The molecule has 0 amide bonds. The summed E-state index contributed by atoms with van der Waals surface area (Å²) in [6.45, 7) is 7.58. The van der Waals surface area contributed by atoms with Gasteiger partial charge in [-0.3, -0.25) is 0 Å². The maximum atomic E-state index is 10.3.